The molecule has 0 spiro atoms. The number of amides is 1. The summed E-state index contributed by atoms with van der Waals surface area (Å²) in [7, 11) is 1.52. The lowest BCUT2D eigenvalue weighted by Gasteiger charge is -2.14. The van der Waals surface area contributed by atoms with E-state index in [1.54, 1.807) is 19.1 Å². The van der Waals surface area contributed by atoms with Crippen molar-refractivity contribution in [3.05, 3.63) is 48.3 Å². The van der Waals surface area contributed by atoms with E-state index in [2.05, 4.69) is 15.0 Å². The summed E-state index contributed by atoms with van der Waals surface area (Å²) in [4.78, 5) is 16.1. The van der Waals surface area contributed by atoms with Crippen molar-refractivity contribution < 1.29 is 32.2 Å². The van der Waals surface area contributed by atoms with Gasteiger partial charge in [0.25, 0.3) is 5.91 Å². The second-order valence-electron chi connectivity index (χ2n) is 5.22. The van der Waals surface area contributed by atoms with Crippen molar-refractivity contribution >= 4 is 5.91 Å². The van der Waals surface area contributed by atoms with Crippen LogP contribution in [0.2, 0.25) is 0 Å². The molecule has 0 saturated heterocycles. The molecule has 9 heteroatoms. The van der Waals surface area contributed by atoms with Crippen molar-refractivity contribution in [3.8, 4) is 17.2 Å². The molecule has 1 N–H and O–H groups in total. The molecule has 2 aromatic rings. The fraction of sp³-hybridized carbons (Fsp3) is 0.294. The lowest BCUT2D eigenvalue weighted by Crippen LogP contribution is -2.31. The summed E-state index contributed by atoms with van der Waals surface area (Å²) in [5.74, 6) is -0.197. The Balaban J connectivity index is 1.87. The smallest absolute Gasteiger partial charge is 0.495 e. The van der Waals surface area contributed by atoms with E-state index in [9.17, 15) is 18.0 Å². The summed E-state index contributed by atoms with van der Waals surface area (Å²) in [6.45, 7) is 1.38. The maximum absolute atomic E-state index is 12.2. The van der Waals surface area contributed by atoms with Gasteiger partial charge in [-0.2, -0.15) is 0 Å². The standard InChI is InChI=1S/C17H17F3N2O4/c1-11(15-7-6-14(24-2)9-21-15)22-16(23)10-25-12-4-3-5-13(8-12)26-17(18,19)20/h3-9,11H,10H2,1-2H3,(H,22,23). The quantitative estimate of drug-likeness (QED) is 0.810. The van der Waals surface area contributed by atoms with Gasteiger partial charge >= 0.3 is 6.36 Å². The van der Waals surface area contributed by atoms with E-state index >= 15 is 0 Å². The van der Waals surface area contributed by atoms with Crippen LogP contribution in [-0.4, -0.2) is 31.0 Å². The molecular formula is C17H17F3N2O4. The van der Waals surface area contributed by atoms with E-state index in [0.29, 0.717) is 11.4 Å². The Bertz CT molecular complexity index is 736. The summed E-state index contributed by atoms with van der Waals surface area (Å²) >= 11 is 0. The molecule has 6 nitrogen and oxygen atoms in total. The maximum atomic E-state index is 12.2. The van der Waals surface area contributed by atoms with E-state index in [0.717, 1.165) is 12.1 Å². The molecule has 2 rings (SSSR count). The molecule has 0 aliphatic rings. The Labute approximate surface area is 147 Å². The van der Waals surface area contributed by atoms with Crippen LogP contribution in [0.4, 0.5) is 13.2 Å². The topological polar surface area (TPSA) is 69.7 Å². The van der Waals surface area contributed by atoms with Gasteiger partial charge in [0, 0.05) is 6.07 Å². The third-order valence-electron chi connectivity index (χ3n) is 3.23. The molecule has 1 unspecified atom stereocenters. The van der Waals surface area contributed by atoms with Gasteiger partial charge < -0.3 is 19.5 Å². The number of rotatable bonds is 7. The van der Waals surface area contributed by atoms with Crippen LogP contribution >= 0.6 is 0 Å². The zero-order valence-electron chi connectivity index (χ0n) is 14.0. The largest absolute Gasteiger partial charge is 0.573 e. The first kappa shape index (κ1) is 19.4. The Hall–Kier alpha value is -2.97. The predicted molar refractivity (Wildman–Crippen MR) is 86.0 cm³/mol. The van der Waals surface area contributed by atoms with Gasteiger partial charge in [-0.05, 0) is 31.2 Å². The second kappa shape index (κ2) is 8.41. The number of carbonyl (C=O) groups excluding carboxylic acids is 1. The fourth-order valence-electron chi connectivity index (χ4n) is 2.04. The fourth-order valence-corrected chi connectivity index (χ4v) is 2.04. The van der Waals surface area contributed by atoms with Gasteiger partial charge in [0.05, 0.1) is 25.0 Å². The Morgan fingerprint density at radius 2 is 1.92 bits per heavy atom. The van der Waals surface area contributed by atoms with Crippen LogP contribution in [0, 0.1) is 0 Å². The molecule has 26 heavy (non-hydrogen) atoms. The van der Waals surface area contributed by atoms with Crippen LogP contribution in [0.1, 0.15) is 18.7 Å². The zero-order chi connectivity index (χ0) is 19.2. The minimum absolute atomic E-state index is 0.0807. The average Bonchev–Trinajstić information content (AvgIpc) is 2.59. The lowest BCUT2D eigenvalue weighted by molar-refractivity contribution is -0.274. The zero-order valence-corrected chi connectivity index (χ0v) is 14.0. The van der Waals surface area contributed by atoms with Crippen molar-refractivity contribution in [2.24, 2.45) is 0 Å². The first-order valence-corrected chi connectivity index (χ1v) is 7.55. The van der Waals surface area contributed by atoms with Crippen molar-refractivity contribution in [2.45, 2.75) is 19.3 Å². The van der Waals surface area contributed by atoms with Crippen molar-refractivity contribution in [3.63, 3.8) is 0 Å². The van der Waals surface area contributed by atoms with Crippen molar-refractivity contribution in [2.75, 3.05) is 13.7 Å². The highest BCUT2D eigenvalue weighted by Crippen LogP contribution is 2.26. The number of benzene rings is 1. The molecule has 1 aromatic carbocycles. The third-order valence-corrected chi connectivity index (χ3v) is 3.23. The molecule has 0 bridgehead atoms. The van der Waals surface area contributed by atoms with Gasteiger partial charge in [-0.25, -0.2) is 0 Å². The number of nitrogens with zero attached hydrogens (tertiary/aromatic N) is 1. The van der Waals surface area contributed by atoms with Gasteiger partial charge in [-0.1, -0.05) is 6.07 Å². The highest BCUT2D eigenvalue weighted by molar-refractivity contribution is 5.77. The molecule has 1 aromatic heterocycles. The number of aromatic nitrogens is 1. The lowest BCUT2D eigenvalue weighted by atomic mass is 10.2. The summed E-state index contributed by atoms with van der Waals surface area (Å²) in [6, 6.07) is 7.99. The number of alkyl halides is 3. The average molecular weight is 370 g/mol. The molecule has 140 valence electrons. The van der Waals surface area contributed by atoms with Crippen LogP contribution < -0.4 is 19.5 Å². The number of hydrogen-bond donors (Lipinski definition) is 1. The number of hydrogen-bond acceptors (Lipinski definition) is 5. The van der Waals surface area contributed by atoms with Crippen molar-refractivity contribution in [1.29, 1.82) is 0 Å². The highest BCUT2D eigenvalue weighted by atomic mass is 19.4. The number of methoxy groups -OCH3 is 1. The molecule has 1 heterocycles. The molecular weight excluding hydrogens is 353 g/mol. The Kier molecular flexibility index (Phi) is 6.26. The molecule has 0 aliphatic carbocycles. The van der Waals surface area contributed by atoms with Crippen LogP contribution in [0.5, 0.6) is 17.2 Å². The second-order valence-corrected chi connectivity index (χ2v) is 5.22. The van der Waals surface area contributed by atoms with Crippen molar-refractivity contribution in [1.82, 2.24) is 10.3 Å². The molecule has 1 amide bonds. The number of halogens is 3. The monoisotopic (exact) mass is 370 g/mol. The van der Waals surface area contributed by atoms with E-state index in [1.165, 1.54) is 25.4 Å². The molecule has 0 fully saturated rings. The highest BCUT2D eigenvalue weighted by Gasteiger charge is 2.31. The van der Waals surface area contributed by atoms with E-state index in [1.807, 2.05) is 0 Å². The summed E-state index contributed by atoms with van der Waals surface area (Å²) in [5.41, 5.74) is 0.625. The van der Waals surface area contributed by atoms with Crippen LogP contribution in [0.25, 0.3) is 0 Å². The van der Waals surface area contributed by atoms with E-state index < -0.39 is 18.0 Å². The normalized spacial score (nSPS) is 12.2. The van der Waals surface area contributed by atoms with E-state index in [4.69, 9.17) is 9.47 Å². The molecule has 0 radical (unpaired) electrons. The number of carbonyl (C=O) groups is 1. The van der Waals surface area contributed by atoms with E-state index in [-0.39, 0.29) is 18.4 Å². The number of nitrogens with one attached hydrogen (secondary N) is 1. The minimum atomic E-state index is -4.79. The predicted octanol–water partition coefficient (Wildman–Crippen LogP) is 3.25. The van der Waals surface area contributed by atoms with Gasteiger partial charge in [-0.3, -0.25) is 9.78 Å². The van der Waals surface area contributed by atoms with Crippen LogP contribution in [-0.2, 0) is 4.79 Å². The number of pyridine rings is 1. The molecule has 0 saturated carbocycles. The first-order valence-electron chi connectivity index (χ1n) is 7.55. The first-order chi connectivity index (χ1) is 12.3. The molecule has 0 aliphatic heterocycles. The van der Waals surface area contributed by atoms with Gasteiger partial charge in [0.15, 0.2) is 6.61 Å². The summed E-state index contributed by atoms with van der Waals surface area (Å²) in [5, 5.41) is 2.68. The summed E-state index contributed by atoms with van der Waals surface area (Å²) < 4.78 is 50.6. The van der Waals surface area contributed by atoms with Gasteiger partial charge in [0.2, 0.25) is 0 Å². The molecule has 1 atom stereocenters. The van der Waals surface area contributed by atoms with Crippen LogP contribution in [0.3, 0.4) is 0 Å². The Morgan fingerprint density at radius 1 is 1.19 bits per heavy atom. The van der Waals surface area contributed by atoms with Crippen LogP contribution in [0.15, 0.2) is 42.6 Å². The van der Waals surface area contributed by atoms with Gasteiger partial charge in [-0.15, -0.1) is 13.2 Å². The third kappa shape index (κ3) is 6.15. The minimum Gasteiger partial charge on any atom is -0.495 e. The SMILES string of the molecule is COc1ccc(C(C)NC(=O)COc2cccc(OC(F)(F)F)c2)nc1. The maximum Gasteiger partial charge on any atom is 0.573 e. The summed E-state index contributed by atoms with van der Waals surface area (Å²) in [6.07, 6.45) is -3.27. The Morgan fingerprint density at radius 3 is 2.54 bits per heavy atom. The van der Waals surface area contributed by atoms with Gasteiger partial charge in [0.1, 0.15) is 17.2 Å². The number of ether oxygens (including phenoxy) is 3.